The lowest BCUT2D eigenvalue weighted by Gasteiger charge is -2.18. The molecule has 1 N–H and O–H groups in total. The molecule has 0 saturated carbocycles. The normalized spacial score (nSPS) is 12.9. The van der Waals surface area contributed by atoms with E-state index in [9.17, 15) is 8.42 Å². The van der Waals surface area contributed by atoms with Gasteiger partial charge in [-0.3, -0.25) is 0 Å². The van der Waals surface area contributed by atoms with E-state index < -0.39 is 10.0 Å². The van der Waals surface area contributed by atoms with Crippen molar-refractivity contribution in [2.45, 2.75) is 18.7 Å². The lowest BCUT2D eigenvalue weighted by molar-refractivity contribution is 0.445. The minimum absolute atomic E-state index is 0.228. The maximum absolute atomic E-state index is 12.7. The van der Waals surface area contributed by atoms with Crippen LogP contribution in [0, 0.1) is 0 Å². The Morgan fingerprint density at radius 3 is 2.44 bits per heavy atom. The third-order valence-electron chi connectivity index (χ3n) is 4.19. The Hall–Kier alpha value is -1.86. The van der Waals surface area contributed by atoms with Crippen LogP contribution in [0.2, 0.25) is 5.02 Å². The van der Waals surface area contributed by atoms with E-state index in [1.165, 1.54) is 4.31 Å². The maximum atomic E-state index is 12.7. The minimum atomic E-state index is -3.53. The molecule has 0 atom stereocenters. The van der Waals surface area contributed by atoms with Gasteiger partial charge < -0.3 is 4.98 Å². The summed E-state index contributed by atoms with van der Waals surface area (Å²) in [5, 5.41) is 1.07. The van der Waals surface area contributed by atoms with Crippen LogP contribution in [0.3, 0.4) is 0 Å². The lowest BCUT2D eigenvalue weighted by atomic mass is 10.2. The molecule has 1 aromatic heterocycles. The van der Waals surface area contributed by atoms with E-state index in [2.05, 4.69) is 9.97 Å². The molecule has 0 fully saturated rings. The molecule has 0 aliphatic rings. The van der Waals surface area contributed by atoms with Crippen LogP contribution in [0.25, 0.3) is 22.1 Å². The SMILES string of the molecule is CCN(CC)S(=O)(=O)c1ccc2nc(C(Cl)=Cc3ccc(Cl)cc3)[nH]c2c1. The molecule has 0 amide bonds. The second kappa shape index (κ2) is 8.02. The number of rotatable bonds is 6. The van der Waals surface area contributed by atoms with Crippen LogP contribution in [0.4, 0.5) is 0 Å². The van der Waals surface area contributed by atoms with Crippen molar-refractivity contribution in [3.63, 3.8) is 0 Å². The van der Waals surface area contributed by atoms with E-state index in [1.54, 1.807) is 36.4 Å². The number of aromatic nitrogens is 2. The highest BCUT2D eigenvalue weighted by Crippen LogP contribution is 2.25. The highest BCUT2D eigenvalue weighted by atomic mass is 35.5. The number of benzene rings is 2. The molecule has 5 nitrogen and oxygen atoms in total. The highest BCUT2D eigenvalue weighted by molar-refractivity contribution is 7.89. The molecule has 0 bridgehead atoms. The summed E-state index contributed by atoms with van der Waals surface area (Å²) >= 11 is 12.3. The molecule has 0 aliphatic heterocycles. The number of nitrogens with one attached hydrogen (secondary N) is 1. The zero-order valence-electron chi connectivity index (χ0n) is 14.9. The lowest BCUT2D eigenvalue weighted by Crippen LogP contribution is -2.30. The van der Waals surface area contributed by atoms with Gasteiger partial charge in [0.15, 0.2) is 0 Å². The van der Waals surface area contributed by atoms with E-state index in [0.29, 0.717) is 40.0 Å². The van der Waals surface area contributed by atoms with Gasteiger partial charge in [0.2, 0.25) is 10.0 Å². The van der Waals surface area contributed by atoms with Crippen LogP contribution in [-0.2, 0) is 10.0 Å². The van der Waals surface area contributed by atoms with Crippen LogP contribution in [-0.4, -0.2) is 35.8 Å². The smallest absolute Gasteiger partial charge is 0.243 e. The van der Waals surface area contributed by atoms with Gasteiger partial charge in [-0.05, 0) is 42.0 Å². The Kier molecular flexibility index (Phi) is 5.91. The second-order valence-corrected chi connectivity index (χ2v) is 8.68. The van der Waals surface area contributed by atoms with Gasteiger partial charge in [0.05, 0.1) is 21.0 Å². The first-order valence-electron chi connectivity index (χ1n) is 8.48. The third kappa shape index (κ3) is 4.19. The Morgan fingerprint density at radius 2 is 1.81 bits per heavy atom. The van der Waals surface area contributed by atoms with Crippen molar-refractivity contribution in [3.8, 4) is 0 Å². The predicted octanol–water partition coefficient (Wildman–Crippen LogP) is 4.98. The van der Waals surface area contributed by atoms with Crippen molar-refractivity contribution in [1.29, 1.82) is 0 Å². The first-order valence-corrected chi connectivity index (χ1v) is 10.7. The minimum Gasteiger partial charge on any atom is -0.337 e. The molecule has 2 aromatic carbocycles. The molecular weight excluding hydrogens is 405 g/mol. The Balaban J connectivity index is 1.97. The first-order chi connectivity index (χ1) is 12.8. The van der Waals surface area contributed by atoms with Gasteiger partial charge in [-0.25, -0.2) is 13.4 Å². The van der Waals surface area contributed by atoms with Crippen molar-refractivity contribution >= 4 is 55.4 Å². The summed E-state index contributed by atoms with van der Waals surface area (Å²) < 4.78 is 26.8. The molecule has 27 heavy (non-hydrogen) atoms. The molecule has 0 aliphatic carbocycles. The summed E-state index contributed by atoms with van der Waals surface area (Å²) in [4.78, 5) is 7.77. The molecule has 142 valence electrons. The van der Waals surface area contributed by atoms with Gasteiger partial charge in [-0.2, -0.15) is 4.31 Å². The molecule has 0 radical (unpaired) electrons. The molecule has 3 aromatic rings. The topological polar surface area (TPSA) is 66.1 Å². The Morgan fingerprint density at radius 1 is 1.15 bits per heavy atom. The number of nitrogens with zero attached hydrogens (tertiary/aromatic N) is 2. The van der Waals surface area contributed by atoms with E-state index in [-0.39, 0.29) is 4.90 Å². The van der Waals surface area contributed by atoms with Gasteiger partial charge in [-0.15, -0.1) is 0 Å². The molecular formula is C19H19Cl2N3O2S. The fraction of sp³-hybridized carbons (Fsp3) is 0.211. The molecule has 0 saturated heterocycles. The van der Waals surface area contributed by atoms with Crippen LogP contribution in [0.5, 0.6) is 0 Å². The number of hydrogen-bond donors (Lipinski definition) is 1. The van der Waals surface area contributed by atoms with Crippen molar-refractivity contribution in [3.05, 3.63) is 58.9 Å². The average Bonchev–Trinajstić information content (AvgIpc) is 3.08. The van der Waals surface area contributed by atoms with Gasteiger partial charge in [0, 0.05) is 18.1 Å². The third-order valence-corrected chi connectivity index (χ3v) is 6.77. The largest absolute Gasteiger partial charge is 0.337 e. The second-order valence-electron chi connectivity index (χ2n) is 5.90. The summed E-state index contributed by atoms with van der Waals surface area (Å²) in [6.07, 6.45) is 1.77. The summed E-state index contributed by atoms with van der Waals surface area (Å²) in [6.45, 7) is 4.46. The number of imidazole rings is 1. The van der Waals surface area contributed by atoms with Gasteiger partial charge >= 0.3 is 0 Å². The Labute approximate surface area is 168 Å². The quantitative estimate of drug-likeness (QED) is 0.607. The van der Waals surface area contributed by atoms with Gasteiger partial charge in [0.1, 0.15) is 5.82 Å². The molecule has 1 heterocycles. The van der Waals surface area contributed by atoms with Crippen LogP contribution < -0.4 is 0 Å². The van der Waals surface area contributed by atoms with E-state index in [4.69, 9.17) is 23.2 Å². The summed E-state index contributed by atoms with van der Waals surface area (Å²) in [5.74, 6) is 0.471. The average molecular weight is 424 g/mol. The highest BCUT2D eigenvalue weighted by Gasteiger charge is 2.22. The molecule has 0 spiro atoms. The number of hydrogen-bond acceptors (Lipinski definition) is 3. The van der Waals surface area contributed by atoms with Gasteiger partial charge in [-0.1, -0.05) is 49.2 Å². The van der Waals surface area contributed by atoms with E-state index >= 15 is 0 Å². The van der Waals surface area contributed by atoms with Crippen LogP contribution in [0.15, 0.2) is 47.4 Å². The zero-order valence-corrected chi connectivity index (χ0v) is 17.2. The number of sulfonamides is 1. The summed E-state index contributed by atoms with van der Waals surface area (Å²) in [5.41, 5.74) is 2.14. The fourth-order valence-corrected chi connectivity index (χ4v) is 4.57. The maximum Gasteiger partial charge on any atom is 0.243 e. The van der Waals surface area contributed by atoms with Crippen molar-refractivity contribution in [2.75, 3.05) is 13.1 Å². The van der Waals surface area contributed by atoms with Crippen molar-refractivity contribution in [2.24, 2.45) is 0 Å². The van der Waals surface area contributed by atoms with E-state index in [0.717, 1.165) is 5.56 Å². The Bertz CT molecular complexity index is 1090. The number of H-pyrrole nitrogens is 1. The molecule has 0 unspecified atom stereocenters. The van der Waals surface area contributed by atoms with Crippen molar-refractivity contribution in [1.82, 2.24) is 14.3 Å². The zero-order chi connectivity index (χ0) is 19.6. The van der Waals surface area contributed by atoms with Crippen LogP contribution in [0.1, 0.15) is 25.2 Å². The number of aromatic amines is 1. The standard InChI is InChI=1S/C19H19Cl2N3O2S/c1-3-24(4-2)27(25,26)15-9-10-17-18(12-15)23-19(22-17)16(21)11-13-5-7-14(20)8-6-13/h5-12H,3-4H2,1-2H3,(H,22,23). The molecule has 8 heteroatoms. The molecule has 3 rings (SSSR count). The van der Waals surface area contributed by atoms with E-state index in [1.807, 2.05) is 26.0 Å². The monoisotopic (exact) mass is 423 g/mol. The summed E-state index contributed by atoms with van der Waals surface area (Å²) in [6, 6.07) is 12.1. The summed E-state index contributed by atoms with van der Waals surface area (Å²) in [7, 11) is -3.53. The van der Waals surface area contributed by atoms with Crippen molar-refractivity contribution < 1.29 is 8.42 Å². The first kappa shape index (κ1) is 19.9. The number of fused-ring (bicyclic) bond motifs is 1. The number of halogens is 2. The fourth-order valence-electron chi connectivity index (χ4n) is 2.75. The van der Waals surface area contributed by atoms with Crippen LogP contribution >= 0.6 is 23.2 Å². The predicted molar refractivity (Wildman–Crippen MR) is 111 cm³/mol. The van der Waals surface area contributed by atoms with Gasteiger partial charge in [0.25, 0.3) is 0 Å².